The highest BCUT2D eigenvalue weighted by Crippen LogP contribution is 2.26. The van der Waals surface area contributed by atoms with Gasteiger partial charge in [0, 0.05) is 19.4 Å². The summed E-state index contributed by atoms with van der Waals surface area (Å²) in [7, 11) is -3.22. The highest BCUT2D eigenvalue weighted by Gasteiger charge is 2.19. The molecule has 0 amide bonds. The molecule has 19 heavy (non-hydrogen) atoms. The number of sulfone groups is 1. The Morgan fingerprint density at radius 2 is 1.89 bits per heavy atom. The van der Waals surface area contributed by atoms with Crippen LogP contribution in [0.2, 0.25) is 0 Å². The minimum Gasteiger partial charge on any atom is -0.396 e. The highest BCUT2D eigenvalue weighted by atomic mass is 32.2. The Morgan fingerprint density at radius 1 is 1.26 bits per heavy atom. The van der Waals surface area contributed by atoms with Crippen molar-refractivity contribution in [1.82, 2.24) is 0 Å². The van der Waals surface area contributed by atoms with Crippen LogP contribution in [0, 0.1) is 5.41 Å². The van der Waals surface area contributed by atoms with Gasteiger partial charge in [-0.3, -0.25) is 0 Å². The normalized spacial score (nSPS) is 12.4. The van der Waals surface area contributed by atoms with E-state index in [9.17, 15) is 8.42 Å². The molecule has 4 nitrogen and oxygen atoms in total. The Bertz CT molecular complexity index is 509. The lowest BCUT2D eigenvalue weighted by atomic mass is 9.88. The number of aliphatic hydroxyl groups excluding tert-OH is 1. The molecular formula is C14H23NO3S. The molecule has 108 valence electrons. The summed E-state index contributed by atoms with van der Waals surface area (Å²) in [6, 6.07) is 6.92. The third-order valence-electron chi connectivity index (χ3n) is 3.06. The van der Waals surface area contributed by atoms with Gasteiger partial charge >= 0.3 is 0 Å². The first-order chi connectivity index (χ1) is 8.76. The first kappa shape index (κ1) is 16.0. The van der Waals surface area contributed by atoms with Crippen molar-refractivity contribution in [2.45, 2.75) is 31.6 Å². The number of aliphatic hydroxyl groups is 1. The number of nitrogens with one attached hydrogen (secondary N) is 1. The van der Waals surface area contributed by atoms with Crippen LogP contribution >= 0.6 is 0 Å². The van der Waals surface area contributed by atoms with Gasteiger partial charge in [0.05, 0.1) is 10.6 Å². The molecule has 0 aliphatic heterocycles. The lowest BCUT2D eigenvalue weighted by Crippen LogP contribution is -2.24. The topological polar surface area (TPSA) is 66.4 Å². The molecule has 1 aromatic carbocycles. The summed E-state index contributed by atoms with van der Waals surface area (Å²) in [4.78, 5) is 0.327. The second kappa shape index (κ2) is 6.39. The maximum absolute atomic E-state index is 11.7. The summed E-state index contributed by atoms with van der Waals surface area (Å²) in [5.74, 6) is 0. The Morgan fingerprint density at radius 3 is 2.47 bits per heavy atom. The van der Waals surface area contributed by atoms with Crippen LogP contribution in [0.15, 0.2) is 29.2 Å². The molecule has 0 aromatic heterocycles. The monoisotopic (exact) mass is 285 g/mol. The average molecular weight is 285 g/mol. The molecule has 0 heterocycles. The van der Waals surface area contributed by atoms with Crippen molar-refractivity contribution in [1.29, 1.82) is 0 Å². The number of benzene rings is 1. The SMILES string of the molecule is CC(C)(CCCO)CNc1ccccc1S(C)(=O)=O. The maximum Gasteiger partial charge on any atom is 0.177 e. The van der Waals surface area contributed by atoms with Crippen LogP contribution in [0.4, 0.5) is 5.69 Å². The maximum atomic E-state index is 11.7. The predicted octanol–water partition coefficient (Wildman–Crippen LogP) is 2.30. The van der Waals surface area contributed by atoms with E-state index in [0.29, 0.717) is 17.1 Å². The molecule has 0 aliphatic carbocycles. The first-order valence-electron chi connectivity index (χ1n) is 6.40. The second-order valence-corrected chi connectivity index (χ2v) is 7.60. The van der Waals surface area contributed by atoms with Crippen LogP contribution in [0.3, 0.4) is 0 Å². The van der Waals surface area contributed by atoms with Crippen LogP contribution in [-0.2, 0) is 9.84 Å². The van der Waals surface area contributed by atoms with Crippen molar-refractivity contribution in [2.75, 3.05) is 24.7 Å². The van der Waals surface area contributed by atoms with E-state index < -0.39 is 9.84 Å². The molecule has 1 aromatic rings. The largest absolute Gasteiger partial charge is 0.396 e. The van der Waals surface area contributed by atoms with E-state index in [0.717, 1.165) is 12.8 Å². The molecule has 1 rings (SSSR count). The lowest BCUT2D eigenvalue weighted by Gasteiger charge is -2.25. The average Bonchev–Trinajstić information content (AvgIpc) is 2.33. The summed E-state index contributed by atoms with van der Waals surface area (Å²) < 4.78 is 23.4. The van der Waals surface area contributed by atoms with E-state index in [1.54, 1.807) is 18.2 Å². The van der Waals surface area contributed by atoms with Gasteiger partial charge in [-0.05, 0) is 30.4 Å². The number of rotatable bonds is 7. The quantitative estimate of drug-likeness (QED) is 0.806. The lowest BCUT2D eigenvalue weighted by molar-refractivity contribution is 0.248. The van der Waals surface area contributed by atoms with Crippen LogP contribution in [0.1, 0.15) is 26.7 Å². The molecular weight excluding hydrogens is 262 g/mol. The van der Waals surface area contributed by atoms with Crippen LogP contribution < -0.4 is 5.32 Å². The molecule has 0 saturated heterocycles. The summed E-state index contributed by atoms with van der Waals surface area (Å²) >= 11 is 0. The Labute approximate surface area is 115 Å². The molecule has 0 unspecified atom stereocenters. The molecule has 0 saturated carbocycles. The third-order valence-corrected chi connectivity index (χ3v) is 4.21. The van der Waals surface area contributed by atoms with E-state index in [4.69, 9.17) is 5.11 Å². The summed E-state index contributed by atoms with van der Waals surface area (Å²) in [6.07, 6.45) is 2.85. The summed E-state index contributed by atoms with van der Waals surface area (Å²) in [5, 5.41) is 12.1. The van der Waals surface area contributed by atoms with Gasteiger partial charge in [-0.1, -0.05) is 26.0 Å². The molecule has 2 N–H and O–H groups in total. The Balaban J connectivity index is 2.79. The zero-order valence-corrected chi connectivity index (χ0v) is 12.6. The van der Waals surface area contributed by atoms with Crippen LogP contribution in [0.25, 0.3) is 0 Å². The van der Waals surface area contributed by atoms with Gasteiger partial charge in [0.25, 0.3) is 0 Å². The van der Waals surface area contributed by atoms with Gasteiger partial charge in [-0.15, -0.1) is 0 Å². The molecule has 0 radical (unpaired) electrons. The number of para-hydroxylation sites is 1. The standard InChI is InChI=1S/C14H23NO3S/c1-14(2,9-6-10-16)11-15-12-7-4-5-8-13(12)19(3,17)18/h4-5,7-8,15-16H,6,9-11H2,1-3H3. The number of hydrogen-bond acceptors (Lipinski definition) is 4. The Kier molecular flexibility index (Phi) is 5.38. The fourth-order valence-corrected chi connectivity index (χ4v) is 2.78. The van der Waals surface area contributed by atoms with Gasteiger partial charge in [-0.2, -0.15) is 0 Å². The van der Waals surface area contributed by atoms with Gasteiger partial charge in [0.15, 0.2) is 9.84 Å². The predicted molar refractivity (Wildman–Crippen MR) is 78.1 cm³/mol. The number of hydrogen-bond donors (Lipinski definition) is 2. The molecule has 0 fully saturated rings. The van der Waals surface area contributed by atoms with Gasteiger partial charge in [0.2, 0.25) is 0 Å². The Hall–Kier alpha value is -1.07. The van der Waals surface area contributed by atoms with E-state index in [-0.39, 0.29) is 12.0 Å². The van der Waals surface area contributed by atoms with Crippen LogP contribution in [-0.4, -0.2) is 32.9 Å². The molecule has 5 heteroatoms. The number of anilines is 1. The summed E-state index contributed by atoms with van der Waals surface area (Å²) in [5.41, 5.74) is 0.648. The fourth-order valence-electron chi connectivity index (χ4n) is 1.92. The summed E-state index contributed by atoms with van der Waals surface area (Å²) in [6.45, 7) is 5.04. The first-order valence-corrected chi connectivity index (χ1v) is 8.29. The van der Waals surface area contributed by atoms with Crippen molar-refractivity contribution in [3.05, 3.63) is 24.3 Å². The highest BCUT2D eigenvalue weighted by molar-refractivity contribution is 7.90. The van der Waals surface area contributed by atoms with E-state index in [1.165, 1.54) is 6.26 Å². The minimum atomic E-state index is -3.22. The fraction of sp³-hybridized carbons (Fsp3) is 0.571. The zero-order valence-electron chi connectivity index (χ0n) is 11.8. The smallest absolute Gasteiger partial charge is 0.177 e. The van der Waals surface area contributed by atoms with Crippen molar-refractivity contribution < 1.29 is 13.5 Å². The van der Waals surface area contributed by atoms with Gasteiger partial charge in [-0.25, -0.2) is 8.42 Å². The third kappa shape index (κ3) is 5.20. The van der Waals surface area contributed by atoms with Crippen molar-refractivity contribution in [2.24, 2.45) is 5.41 Å². The van der Waals surface area contributed by atoms with E-state index in [2.05, 4.69) is 19.2 Å². The van der Waals surface area contributed by atoms with E-state index in [1.807, 2.05) is 6.07 Å². The minimum absolute atomic E-state index is 0.00729. The second-order valence-electron chi connectivity index (χ2n) is 5.61. The van der Waals surface area contributed by atoms with Gasteiger partial charge < -0.3 is 10.4 Å². The van der Waals surface area contributed by atoms with Crippen LogP contribution in [0.5, 0.6) is 0 Å². The van der Waals surface area contributed by atoms with Crippen molar-refractivity contribution in [3.8, 4) is 0 Å². The zero-order chi connectivity index (χ0) is 14.5. The molecule has 0 aliphatic rings. The molecule has 0 spiro atoms. The van der Waals surface area contributed by atoms with Gasteiger partial charge in [0.1, 0.15) is 0 Å². The van der Waals surface area contributed by atoms with Crippen molar-refractivity contribution in [3.63, 3.8) is 0 Å². The molecule has 0 atom stereocenters. The van der Waals surface area contributed by atoms with Crippen molar-refractivity contribution >= 4 is 15.5 Å². The van der Waals surface area contributed by atoms with E-state index >= 15 is 0 Å². The molecule has 0 bridgehead atoms.